The van der Waals surface area contributed by atoms with Crippen molar-refractivity contribution in [3.8, 4) is 0 Å². The fourth-order valence-corrected chi connectivity index (χ4v) is 4.76. The number of hydrogen-bond acceptors (Lipinski definition) is 2. The summed E-state index contributed by atoms with van der Waals surface area (Å²) in [4.78, 5) is 4.86. The first-order valence-electron chi connectivity index (χ1n) is 8.39. The smallest absolute Gasteiger partial charge is 0.193 e. The Balaban J connectivity index is 0.00000156. The van der Waals surface area contributed by atoms with E-state index in [0.29, 0.717) is 29.4 Å². The molecule has 2 aliphatic carbocycles. The van der Waals surface area contributed by atoms with E-state index in [1.807, 2.05) is 0 Å². The highest BCUT2D eigenvalue weighted by atomic mass is 127. The van der Waals surface area contributed by atoms with E-state index in [0.717, 1.165) is 18.7 Å². The van der Waals surface area contributed by atoms with Crippen LogP contribution in [0, 0.1) is 25.2 Å². The number of nitrogens with two attached hydrogens (primary N) is 1. The molecule has 126 valence electrons. The molecule has 4 rings (SSSR count). The van der Waals surface area contributed by atoms with E-state index in [1.165, 1.54) is 30.4 Å². The fraction of sp³-hybridized carbons (Fsp3) is 0.611. The molecule has 4 nitrogen and oxygen atoms in total. The number of nitrogens with zero attached hydrogens (tertiary/aromatic N) is 1. The number of hydrogen-bond donors (Lipinski definition) is 2. The third kappa shape index (κ3) is 2.76. The van der Waals surface area contributed by atoms with Crippen LogP contribution >= 0.6 is 24.0 Å². The Morgan fingerprint density at radius 2 is 1.96 bits per heavy atom. The van der Waals surface area contributed by atoms with Crippen molar-refractivity contribution in [3.05, 3.63) is 29.3 Å². The van der Waals surface area contributed by atoms with Gasteiger partial charge < -0.3 is 15.8 Å². The first-order chi connectivity index (χ1) is 10.6. The second-order valence-electron chi connectivity index (χ2n) is 7.29. The summed E-state index contributed by atoms with van der Waals surface area (Å²) in [5, 5.41) is 3.28. The molecule has 0 radical (unpaired) electrons. The zero-order chi connectivity index (χ0) is 15.3. The maximum Gasteiger partial charge on any atom is 0.193 e. The summed E-state index contributed by atoms with van der Waals surface area (Å²) in [6.07, 6.45) is 5.39. The van der Waals surface area contributed by atoms with Crippen LogP contribution in [-0.2, 0) is 4.74 Å². The Labute approximate surface area is 155 Å². The second-order valence-corrected chi connectivity index (χ2v) is 7.29. The average Bonchev–Trinajstić information content (AvgIpc) is 2.78. The highest BCUT2D eigenvalue weighted by Crippen LogP contribution is 2.64. The number of ether oxygens (including phenoxy) is 1. The number of fused-ring (bicyclic) bond motifs is 2. The van der Waals surface area contributed by atoms with Gasteiger partial charge in [-0.1, -0.05) is 12.5 Å². The minimum Gasteiger partial charge on any atom is -0.377 e. The summed E-state index contributed by atoms with van der Waals surface area (Å²) < 4.78 is 5.94. The van der Waals surface area contributed by atoms with Crippen molar-refractivity contribution in [1.82, 2.24) is 0 Å². The van der Waals surface area contributed by atoms with Crippen LogP contribution in [0.25, 0.3) is 0 Å². The van der Waals surface area contributed by atoms with Gasteiger partial charge in [0.2, 0.25) is 0 Å². The van der Waals surface area contributed by atoms with Crippen LogP contribution in [0.4, 0.5) is 5.69 Å². The Kier molecular flexibility index (Phi) is 4.62. The minimum atomic E-state index is 0. The lowest BCUT2D eigenvalue weighted by atomic mass is 9.46. The number of aryl methyl sites for hydroxylation is 2. The zero-order valence-electron chi connectivity index (χ0n) is 13.8. The van der Waals surface area contributed by atoms with Gasteiger partial charge in [0.15, 0.2) is 5.96 Å². The molecule has 0 amide bonds. The van der Waals surface area contributed by atoms with Crippen molar-refractivity contribution in [1.29, 1.82) is 0 Å². The van der Waals surface area contributed by atoms with Crippen LogP contribution in [0.3, 0.4) is 0 Å². The van der Waals surface area contributed by atoms with Gasteiger partial charge in [0.25, 0.3) is 0 Å². The van der Waals surface area contributed by atoms with E-state index < -0.39 is 0 Å². The summed E-state index contributed by atoms with van der Waals surface area (Å²) in [6.45, 7) is 5.09. The average molecular weight is 427 g/mol. The van der Waals surface area contributed by atoms with Gasteiger partial charge in [-0.2, -0.15) is 0 Å². The van der Waals surface area contributed by atoms with Crippen LogP contribution in [0.15, 0.2) is 23.2 Å². The Morgan fingerprint density at radius 3 is 2.57 bits per heavy atom. The number of nitrogens with one attached hydrogen (secondary N) is 1. The molecule has 1 aromatic carbocycles. The number of benzene rings is 1. The lowest BCUT2D eigenvalue weighted by Crippen LogP contribution is -2.65. The highest BCUT2D eigenvalue weighted by molar-refractivity contribution is 14.0. The molecule has 0 aromatic heterocycles. The van der Waals surface area contributed by atoms with Crippen molar-refractivity contribution >= 4 is 35.6 Å². The predicted molar refractivity (Wildman–Crippen MR) is 104 cm³/mol. The second kappa shape index (κ2) is 6.24. The van der Waals surface area contributed by atoms with Gasteiger partial charge in [0, 0.05) is 23.6 Å². The molecule has 1 aliphatic heterocycles. The molecule has 3 aliphatic rings. The van der Waals surface area contributed by atoms with Crippen LogP contribution in [0.2, 0.25) is 0 Å². The van der Waals surface area contributed by atoms with E-state index in [9.17, 15) is 0 Å². The molecule has 3 fully saturated rings. The van der Waals surface area contributed by atoms with Gasteiger partial charge in [-0.25, -0.2) is 4.99 Å². The summed E-state index contributed by atoms with van der Waals surface area (Å²) in [6, 6.07) is 6.73. The molecular formula is C18H26IN3O. The van der Waals surface area contributed by atoms with Crippen LogP contribution in [0.5, 0.6) is 0 Å². The zero-order valence-corrected chi connectivity index (χ0v) is 16.2. The Hall–Kier alpha value is -0.820. The largest absolute Gasteiger partial charge is 0.377 e. The molecule has 0 bridgehead atoms. The third-order valence-corrected chi connectivity index (χ3v) is 5.76. The SMILES string of the molecule is Cc1cc(C)cc(NC(N)=NC2C3CCOC3C23CCC3)c1.I. The van der Waals surface area contributed by atoms with E-state index >= 15 is 0 Å². The number of halogens is 1. The van der Waals surface area contributed by atoms with Crippen molar-refractivity contribution in [2.24, 2.45) is 22.1 Å². The molecule has 1 aromatic rings. The lowest BCUT2D eigenvalue weighted by molar-refractivity contribution is -0.164. The summed E-state index contributed by atoms with van der Waals surface area (Å²) in [5.41, 5.74) is 10.00. The molecule has 2 saturated carbocycles. The van der Waals surface area contributed by atoms with Gasteiger partial charge >= 0.3 is 0 Å². The molecule has 23 heavy (non-hydrogen) atoms. The van der Waals surface area contributed by atoms with Gasteiger partial charge in [0.1, 0.15) is 0 Å². The maximum absolute atomic E-state index is 6.20. The van der Waals surface area contributed by atoms with Gasteiger partial charge in [-0.05, 0) is 56.4 Å². The molecule has 3 N–H and O–H groups in total. The molecule has 1 saturated heterocycles. The quantitative estimate of drug-likeness (QED) is 0.431. The summed E-state index contributed by atoms with van der Waals surface area (Å²) in [5.74, 6) is 1.13. The molecule has 3 atom stereocenters. The molecular weight excluding hydrogens is 401 g/mol. The van der Waals surface area contributed by atoms with Crippen molar-refractivity contribution in [2.75, 3.05) is 11.9 Å². The summed E-state index contributed by atoms with van der Waals surface area (Å²) in [7, 11) is 0. The van der Waals surface area contributed by atoms with Crippen molar-refractivity contribution in [3.63, 3.8) is 0 Å². The first kappa shape index (κ1) is 17.0. The van der Waals surface area contributed by atoms with Gasteiger partial charge in [0.05, 0.1) is 12.1 Å². The lowest BCUT2D eigenvalue weighted by Gasteiger charge is -2.61. The molecule has 5 heteroatoms. The van der Waals surface area contributed by atoms with E-state index in [4.69, 9.17) is 15.5 Å². The van der Waals surface area contributed by atoms with Crippen LogP contribution in [0.1, 0.15) is 36.8 Å². The topological polar surface area (TPSA) is 59.6 Å². The fourth-order valence-electron chi connectivity index (χ4n) is 4.76. The number of anilines is 1. The first-order valence-corrected chi connectivity index (χ1v) is 8.39. The Bertz CT molecular complexity index is 606. The maximum atomic E-state index is 6.20. The van der Waals surface area contributed by atoms with Crippen molar-refractivity contribution < 1.29 is 4.74 Å². The third-order valence-electron chi connectivity index (χ3n) is 5.76. The van der Waals surface area contributed by atoms with Crippen LogP contribution < -0.4 is 11.1 Å². The number of guanidine groups is 1. The van der Waals surface area contributed by atoms with E-state index in [1.54, 1.807) is 0 Å². The van der Waals surface area contributed by atoms with Crippen molar-refractivity contribution in [2.45, 2.75) is 51.7 Å². The molecule has 1 heterocycles. The minimum absolute atomic E-state index is 0. The van der Waals surface area contributed by atoms with E-state index in [2.05, 4.69) is 37.4 Å². The molecule has 3 unspecified atom stereocenters. The Morgan fingerprint density at radius 1 is 1.26 bits per heavy atom. The predicted octanol–water partition coefficient (Wildman–Crippen LogP) is 3.61. The standard InChI is InChI=1S/C18H25N3O.HI/c1-11-8-12(2)10-13(9-11)20-17(19)21-15-14-4-7-22-16(14)18(15)5-3-6-18;/h8-10,14-16H,3-7H2,1-2H3,(H3,19,20,21);1H. The number of aliphatic imine (C=N–C) groups is 1. The van der Waals surface area contributed by atoms with Gasteiger partial charge in [-0.15, -0.1) is 24.0 Å². The normalized spacial score (nSPS) is 30.9. The highest BCUT2D eigenvalue weighted by Gasteiger charge is 2.66. The summed E-state index contributed by atoms with van der Waals surface area (Å²) >= 11 is 0. The molecule has 1 spiro atoms. The van der Waals surface area contributed by atoms with E-state index in [-0.39, 0.29) is 24.0 Å². The van der Waals surface area contributed by atoms with Crippen LogP contribution in [-0.4, -0.2) is 24.7 Å². The number of rotatable bonds is 2. The van der Waals surface area contributed by atoms with Gasteiger partial charge in [-0.3, -0.25) is 0 Å². The monoisotopic (exact) mass is 427 g/mol.